The number of nitrogens with zero attached hydrogens (tertiary/aromatic N) is 3. The van der Waals surface area contributed by atoms with Crippen LogP contribution in [0, 0.1) is 0 Å². The number of aromatic nitrogens is 2. The van der Waals surface area contributed by atoms with Crippen molar-refractivity contribution in [3.8, 4) is 5.75 Å². The van der Waals surface area contributed by atoms with E-state index in [0.29, 0.717) is 18.3 Å². The highest BCUT2D eigenvalue weighted by Gasteiger charge is 2.22. The number of anilines is 2. The molecule has 3 aromatic rings. The van der Waals surface area contributed by atoms with E-state index >= 15 is 0 Å². The second-order valence-corrected chi connectivity index (χ2v) is 9.51. The van der Waals surface area contributed by atoms with Gasteiger partial charge in [0.2, 0.25) is 0 Å². The van der Waals surface area contributed by atoms with Crippen LogP contribution >= 0.6 is 11.8 Å². The molecule has 1 fully saturated rings. The summed E-state index contributed by atoms with van der Waals surface area (Å²) in [5.41, 5.74) is 3.74. The molecule has 0 atom stereocenters. The van der Waals surface area contributed by atoms with Gasteiger partial charge in [0.1, 0.15) is 10.8 Å². The maximum Gasteiger partial charge on any atom is 0.344 e. The summed E-state index contributed by atoms with van der Waals surface area (Å²) < 4.78 is 10.4. The second-order valence-electron chi connectivity index (χ2n) is 8.48. The molecule has 0 bridgehead atoms. The fraction of sp³-hybridized carbons (Fsp3) is 0.346. The van der Waals surface area contributed by atoms with E-state index in [-0.39, 0.29) is 12.6 Å². The summed E-state index contributed by atoms with van der Waals surface area (Å²) in [5, 5.41) is 4.34. The van der Waals surface area contributed by atoms with Crippen molar-refractivity contribution in [2.45, 2.75) is 42.1 Å². The van der Waals surface area contributed by atoms with Crippen LogP contribution in [0.3, 0.4) is 0 Å². The Morgan fingerprint density at radius 1 is 1.12 bits per heavy atom. The number of piperidine rings is 1. The first kappa shape index (κ1) is 22.7. The zero-order valence-electron chi connectivity index (χ0n) is 19.2. The topological polar surface area (TPSA) is 76.6 Å². The van der Waals surface area contributed by atoms with Crippen LogP contribution in [-0.2, 0) is 16.1 Å². The number of ether oxygens (including phenoxy) is 2. The normalized spacial score (nSPS) is 15.7. The van der Waals surface area contributed by atoms with Crippen LogP contribution in [0.25, 0.3) is 0 Å². The second kappa shape index (κ2) is 10.4. The van der Waals surface area contributed by atoms with Crippen molar-refractivity contribution in [1.29, 1.82) is 0 Å². The molecule has 5 rings (SSSR count). The Labute approximate surface area is 203 Å². The molecule has 0 aliphatic carbocycles. The number of hydrogen-bond acceptors (Lipinski definition) is 8. The lowest BCUT2D eigenvalue weighted by Gasteiger charge is -2.32. The lowest BCUT2D eigenvalue weighted by atomic mass is 9.89. The molecule has 0 amide bonds. The van der Waals surface area contributed by atoms with Gasteiger partial charge >= 0.3 is 5.97 Å². The molecular weight excluding hydrogens is 448 g/mol. The molecule has 7 nitrogen and oxygen atoms in total. The predicted octanol–water partition coefficient (Wildman–Crippen LogP) is 5.01. The first-order valence-corrected chi connectivity index (χ1v) is 12.5. The molecule has 0 spiro atoms. The highest BCUT2D eigenvalue weighted by Crippen LogP contribution is 2.42. The van der Waals surface area contributed by atoms with E-state index in [1.54, 1.807) is 31.1 Å². The quantitative estimate of drug-likeness (QED) is 0.373. The number of carbonyl (C=O) groups is 1. The Kier molecular flexibility index (Phi) is 6.97. The summed E-state index contributed by atoms with van der Waals surface area (Å²) in [4.78, 5) is 24.0. The number of nitrogens with one attached hydrogen (secondary N) is 1. The third-order valence-electron chi connectivity index (χ3n) is 6.18. The van der Waals surface area contributed by atoms with Gasteiger partial charge in [0.05, 0.1) is 12.3 Å². The monoisotopic (exact) mass is 476 g/mol. The number of fused-ring (bicyclic) bond motifs is 2. The third kappa shape index (κ3) is 5.34. The fourth-order valence-corrected chi connectivity index (χ4v) is 5.32. The number of rotatable bonds is 7. The van der Waals surface area contributed by atoms with Gasteiger partial charge in [0, 0.05) is 23.8 Å². The van der Waals surface area contributed by atoms with Crippen LogP contribution in [0.4, 0.5) is 11.5 Å². The van der Waals surface area contributed by atoms with Crippen LogP contribution in [0.15, 0.2) is 64.8 Å². The van der Waals surface area contributed by atoms with Crippen molar-refractivity contribution in [3.63, 3.8) is 0 Å². The molecular formula is C26H28N4O3S. The molecule has 0 unspecified atom stereocenters. The van der Waals surface area contributed by atoms with Gasteiger partial charge in [0.15, 0.2) is 12.4 Å². The van der Waals surface area contributed by atoms with Gasteiger partial charge in [-0.3, -0.25) is 4.90 Å². The minimum atomic E-state index is -0.342. The molecule has 1 N–H and O–H groups in total. The highest BCUT2D eigenvalue weighted by molar-refractivity contribution is 7.99. The minimum absolute atomic E-state index is 0.0532. The fourth-order valence-electron chi connectivity index (χ4n) is 4.44. The van der Waals surface area contributed by atoms with Gasteiger partial charge in [-0.1, -0.05) is 30.0 Å². The van der Waals surface area contributed by atoms with E-state index in [2.05, 4.69) is 50.5 Å². The minimum Gasteiger partial charge on any atom is -0.482 e. The summed E-state index contributed by atoms with van der Waals surface area (Å²) in [6.45, 7) is 5.18. The number of likely N-dealkylation sites (tertiary alicyclic amines) is 1. The van der Waals surface area contributed by atoms with Crippen LogP contribution in [0.2, 0.25) is 0 Å². The van der Waals surface area contributed by atoms with E-state index in [1.165, 1.54) is 16.0 Å². The predicted molar refractivity (Wildman–Crippen MR) is 132 cm³/mol. The average Bonchev–Trinajstić information content (AvgIpc) is 2.87. The van der Waals surface area contributed by atoms with Crippen LogP contribution in [0.1, 0.15) is 36.8 Å². The molecule has 2 aliphatic rings. The van der Waals surface area contributed by atoms with Gasteiger partial charge in [-0.2, -0.15) is 0 Å². The number of hydrogen-bond donors (Lipinski definition) is 1. The van der Waals surface area contributed by atoms with Gasteiger partial charge in [0.25, 0.3) is 0 Å². The van der Waals surface area contributed by atoms with Crippen LogP contribution in [-0.4, -0.2) is 47.1 Å². The van der Waals surface area contributed by atoms with Crippen molar-refractivity contribution in [1.82, 2.24) is 14.9 Å². The molecule has 1 saturated heterocycles. The van der Waals surface area contributed by atoms with Crippen LogP contribution < -0.4 is 10.1 Å². The summed E-state index contributed by atoms with van der Waals surface area (Å²) in [6.07, 6.45) is 5.70. The van der Waals surface area contributed by atoms with E-state index < -0.39 is 0 Å². The molecule has 8 heteroatoms. The first-order valence-electron chi connectivity index (χ1n) is 11.7. The Morgan fingerprint density at radius 2 is 1.91 bits per heavy atom. The molecule has 0 radical (unpaired) electrons. The van der Waals surface area contributed by atoms with E-state index in [0.717, 1.165) is 49.0 Å². The number of benzene rings is 2. The Hall–Kier alpha value is -3.10. The van der Waals surface area contributed by atoms with Crippen molar-refractivity contribution in [2.24, 2.45) is 0 Å². The van der Waals surface area contributed by atoms with Gasteiger partial charge in [-0.25, -0.2) is 14.8 Å². The largest absolute Gasteiger partial charge is 0.482 e. The summed E-state index contributed by atoms with van der Waals surface area (Å²) in [6, 6.07) is 14.8. The highest BCUT2D eigenvalue weighted by atomic mass is 32.2. The lowest BCUT2D eigenvalue weighted by Crippen LogP contribution is -2.32. The SMILES string of the molecule is CCOC(=O)COc1ccc(C2CCN(Cc3ccc4c(c3)Nc3nccnc3S4)CC2)cc1. The molecule has 3 heterocycles. The Morgan fingerprint density at radius 3 is 2.71 bits per heavy atom. The molecule has 2 aromatic carbocycles. The molecule has 1 aromatic heterocycles. The van der Waals surface area contributed by atoms with Crippen molar-refractivity contribution in [2.75, 3.05) is 31.6 Å². The number of esters is 1. The zero-order valence-corrected chi connectivity index (χ0v) is 20.0. The first-order chi connectivity index (χ1) is 16.7. The van der Waals surface area contributed by atoms with Gasteiger partial charge in [-0.05, 0) is 74.2 Å². The van der Waals surface area contributed by atoms with Crippen molar-refractivity contribution < 1.29 is 14.3 Å². The van der Waals surface area contributed by atoms with Gasteiger partial charge < -0.3 is 14.8 Å². The maximum atomic E-state index is 11.5. The van der Waals surface area contributed by atoms with E-state index in [9.17, 15) is 4.79 Å². The van der Waals surface area contributed by atoms with Gasteiger partial charge in [-0.15, -0.1) is 0 Å². The molecule has 34 heavy (non-hydrogen) atoms. The molecule has 2 aliphatic heterocycles. The van der Waals surface area contributed by atoms with E-state index in [4.69, 9.17) is 9.47 Å². The van der Waals surface area contributed by atoms with E-state index in [1.807, 2.05) is 12.1 Å². The summed E-state index contributed by atoms with van der Waals surface area (Å²) >= 11 is 1.66. The smallest absolute Gasteiger partial charge is 0.344 e. The zero-order chi connectivity index (χ0) is 23.3. The lowest BCUT2D eigenvalue weighted by molar-refractivity contribution is -0.145. The summed E-state index contributed by atoms with van der Waals surface area (Å²) in [7, 11) is 0. The maximum absolute atomic E-state index is 11.5. The Balaban J connectivity index is 1.13. The standard InChI is InChI=1S/C26H28N4O3S/c1-2-32-24(31)17-33-21-6-4-19(5-7-21)20-9-13-30(14-10-20)16-18-3-8-23-22(15-18)29-25-26(34-23)28-12-11-27-25/h3-8,11-12,15,20H,2,9-10,13-14,16-17H2,1H3,(H,27,29). The molecule has 0 saturated carbocycles. The number of carbonyl (C=O) groups excluding carboxylic acids is 1. The van der Waals surface area contributed by atoms with Crippen molar-refractivity contribution in [3.05, 3.63) is 66.0 Å². The molecule has 176 valence electrons. The Bertz CT molecular complexity index is 1150. The van der Waals surface area contributed by atoms with Crippen molar-refractivity contribution >= 4 is 29.2 Å². The summed E-state index contributed by atoms with van der Waals surface area (Å²) in [5.74, 6) is 1.73. The average molecular weight is 477 g/mol. The van der Waals surface area contributed by atoms with Crippen LogP contribution in [0.5, 0.6) is 5.75 Å². The third-order valence-corrected chi connectivity index (χ3v) is 7.24.